The highest BCUT2D eigenvalue weighted by atomic mass is 79.9. The van der Waals surface area contributed by atoms with Gasteiger partial charge in [-0.3, -0.25) is 0 Å². The van der Waals surface area contributed by atoms with Crippen LogP contribution < -0.4 is 0 Å². The van der Waals surface area contributed by atoms with E-state index in [4.69, 9.17) is 0 Å². The van der Waals surface area contributed by atoms with Crippen molar-refractivity contribution in [1.82, 2.24) is 15.0 Å². The number of aryl methyl sites for hydroxylation is 3. The van der Waals surface area contributed by atoms with Gasteiger partial charge in [0.1, 0.15) is 12.0 Å². The molecule has 19 heavy (non-hydrogen) atoms. The van der Waals surface area contributed by atoms with Crippen LogP contribution in [0.15, 0.2) is 41.3 Å². The van der Waals surface area contributed by atoms with Gasteiger partial charge < -0.3 is 4.98 Å². The Hall–Kier alpha value is -1.68. The molecule has 0 saturated heterocycles. The molecule has 1 aromatic carbocycles. The van der Waals surface area contributed by atoms with Gasteiger partial charge in [-0.15, -0.1) is 0 Å². The molecule has 0 atom stereocenters. The molecule has 2 heterocycles. The summed E-state index contributed by atoms with van der Waals surface area (Å²) in [4.78, 5) is 11.8. The summed E-state index contributed by atoms with van der Waals surface area (Å²) in [5.74, 6) is 0. The molecule has 96 valence electrons. The molecular weight excluding hydrogens is 302 g/mol. The molecule has 0 saturated carbocycles. The van der Waals surface area contributed by atoms with Crippen LogP contribution in [0.5, 0.6) is 0 Å². The number of nitrogens with zero attached hydrogens (tertiary/aromatic N) is 2. The zero-order valence-corrected chi connectivity index (χ0v) is 12.2. The Morgan fingerprint density at radius 3 is 2.84 bits per heavy atom. The Bertz CT molecular complexity index is 718. The Morgan fingerprint density at radius 2 is 2.00 bits per heavy atom. The maximum Gasteiger partial charge on any atom is 0.142 e. The van der Waals surface area contributed by atoms with E-state index in [9.17, 15) is 0 Å². The molecule has 1 N–H and O–H groups in total. The summed E-state index contributed by atoms with van der Waals surface area (Å²) >= 11 is 3.55. The monoisotopic (exact) mass is 315 g/mol. The van der Waals surface area contributed by atoms with Gasteiger partial charge in [-0.1, -0.05) is 24.3 Å². The second-order valence-corrected chi connectivity index (χ2v) is 5.46. The fourth-order valence-corrected chi connectivity index (χ4v) is 2.85. The van der Waals surface area contributed by atoms with Crippen molar-refractivity contribution in [2.75, 3.05) is 0 Å². The first-order valence-electron chi connectivity index (χ1n) is 6.26. The van der Waals surface area contributed by atoms with E-state index >= 15 is 0 Å². The third-order valence-corrected chi connectivity index (χ3v) is 4.02. The van der Waals surface area contributed by atoms with Crippen molar-refractivity contribution >= 4 is 27.0 Å². The highest BCUT2D eigenvalue weighted by molar-refractivity contribution is 9.10. The first-order chi connectivity index (χ1) is 9.25. The van der Waals surface area contributed by atoms with Crippen LogP contribution in [0.2, 0.25) is 0 Å². The molecule has 0 aliphatic carbocycles. The highest BCUT2D eigenvalue weighted by Crippen LogP contribution is 2.25. The number of H-pyrrole nitrogens is 1. The Kier molecular flexibility index (Phi) is 3.34. The molecule has 2 aromatic heterocycles. The predicted octanol–water partition coefficient (Wildman–Crippen LogP) is 3.81. The van der Waals surface area contributed by atoms with E-state index in [-0.39, 0.29) is 0 Å². The number of aromatic nitrogens is 3. The quantitative estimate of drug-likeness (QED) is 0.798. The lowest BCUT2D eigenvalue weighted by Gasteiger charge is -2.06. The van der Waals surface area contributed by atoms with Crippen molar-refractivity contribution in [2.24, 2.45) is 0 Å². The van der Waals surface area contributed by atoms with E-state index in [2.05, 4.69) is 62.1 Å². The fourth-order valence-electron chi connectivity index (χ4n) is 2.32. The number of hydrogen-bond acceptors (Lipinski definition) is 2. The average molecular weight is 316 g/mol. The van der Waals surface area contributed by atoms with Crippen molar-refractivity contribution in [1.29, 1.82) is 0 Å². The van der Waals surface area contributed by atoms with E-state index < -0.39 is 0 Å². The smallest absolute Gasteiger partial charge is 0.142 e. The van der Waals surface area contributed by atoms with Crippen LogP contribution in [0.1, 0.15) is 16.8 Å². The molecule has 3 rings (SSSR count). The van der Waals surface area contributed by atoms with E-state index in [1.54, 1.807) is 6.33 Å². The van der Waals surface area contributed by atoms with Gasteiger partial charge in [0.25, 0.3) is 0 Å². The summed E-state index contributed by atoms with van der Waals surface area (Å²) in [6, 6.07) is 8.49. The first-order valence-corrected chi connectivity index (χ1v) is 7.06. The highest BCUT2D eigenvalue weighted by Gasteiger charge is 2.09. The molecule has 0 bridgehead atoms. The summed E-state index contributed by atoms with van der Waals surface area (Å²) in [7, 11) is 0. The van der Waals surface area contributed by atoms with Crippen molar-refractivity contribution in [2.45, 2.75) is 19.8 Å². The van der Waals surface area contributed by atoms with Gasteiger partial charge in [-0.25, -0.2) is 9.97 Å². The van der Waals surface area contributed by atoms with Crippen LogP contribution in [0.4, 0.5) is 0 Å². The number of halogens is 1. The minimum atomic E-state index is 0.890. The lowest BCUT2D eigenvalue weighted by atomic mass is 10.0. The molecule has 0 amide bonds. The fraction of sp³-hybridized carbons (Fsp3) is 0.200. The minimum Gasteiger partial charge on any atom is -0.345 e. The Labute approximate surface area is 120 Å². The molecule has 0 aliphatic rings. The maximum absolute atomic E-state index is 4.42. The van der Waals surface area contributed by atoms with Gasteiger partial charge in [0.05, 0.1) is 11.1 Å². The van der Waals surface area contributed by atoms with Crippen molar-refractivity contribution in [3.63, 3.8) is 0 Å². The average Bonchev–Trinajstić information content (AvgIpc) is 2.80. The molecule has 3 aromatic rings. The van der Waals surface area contributed by atoms with Gasteiger partial charge >= 0.3 is 0 Å². The number of rotatable bonds is 3. The number of nitrogens with one attached hydrogen (secondary N) is 1. The normalized spacial score (nSPS) is 11.1. The third kappa shape index (κ3) is 2.40. The number of benzene rings is 1. The topological polar surface area (TPSA) is 41.6 Å². The predicted molar refractivity (Wildman–Crippen MR) is 80.2 cm³/mol. The van der Waals surface area contributed by atoms with E-state index in [1.165, 1.54) is 11.1 Å². The first kappa shape index (κ1) is 12.4. The molecule has 0 unspecified atom stereocenters. The second kappa shape index (κ2) is 5.13. The van der Waals surface area contributed by atoms with Gasteiger partial charge in [0.2, 0.25) is 0 Å². The van der Waals surface area contributed by atoms with E-state index in [0.717, 1.165) is 34.0 Å². The number of hydrogen-bond donors (Lipinski definition) is 1. The lowest BCUT2D eigenvalue weighted by Crippen LogP contribution is -1.98. The summed E-state index contributed by atoms with van der Waals surface area (Å²) in [5.41, 5.74) is 4.69. The zero-order chi connectivity index (χ0) is 13.2. The second-order valence-electron chi connectivity index (χ2n) is 4.61. The molecule has 0 radical (unpaired) electrons. The van der Waals surface area contributed by atoms with Crippen LogP contribution in [-0.4, -0.2) is 15.0 Å². The summed E-state index contributed by atoms with van der Waals surface area (Å²) < 4.78 is 1.03. The maximum atomic E-state index is 4.42. The van der Waals surface area contributed by atoms with Crippen molar-refractivity contribution in [3.8, 4) is 0 Å². The Balaban J connectivity index is 1.90. The SMILES string of the molecule is Cc1ccccc1CCc1ncnc2[nH]cc(Br)c12. The molecule has 0 aliphatic heterocycles. The zero-order valence-electron chi connectivity index (χ0n) is 10.7. The van der Waals surface area contributed by atoms with Crippen LogP contribution in [0.25, 0.3) is 11.0 Å². The summed E-state index contributed by atoms with van der Waals surface area (Å²) in [5, 5.41) is 1.09. The Morgan fingerprint density at radius 1 is 1.16 bits per heavy atom. The van der Waals surface area contributed by atoms with Gasteiger partial charge in [0, 0.05) is 10.7 Å². The van der Waals surface area contributed by atoms with E-state index in [1.807, 2.05) is 6.20 Å². The van der Waals surface area contributed by atoms with Crippen molar-refractivity contribution in [3.05, 3.63) is 58.1 Å². The number of fused-ring (bicyclic) bond motifs is 1. The molecule has 3 nitrogen and oxygen atoms in total. The molecule has 4 heteroatoms. The standard InChI is InChI=1S/C15H14BrN3/c1-10-4-2-3-5-11(10)6-7-13-14-12(16)8-17-15(14)19-9-18-13/h2-5,8-9H,6-7H2,1H3,(H,17,18,19). The van der Waals surface area contributed by atoms with Crippen LogP contribution in [-0.2, 0) is 12.8 Å². The van der Waals surface area contributed by atoms with Crippen LogP contribution in [0.3, 0.4) is 0 Å². The third-order valence-electron chi connectivity index (χ3n) is 3.39. The minimum absolute atomic E-state index is 0.890. The van der Waals surface area contributed by atoms with Crippen molar-refractivity contribution < 1.29 is 0 Å². The molecule has 0 spiro atoms. The molecule has 0 fully saturated rings. The summed E-state index contributed by atoms with van der Waals surface area (Å²) in [6.45, 7) is 2.15. The number of aromatic amines is 1. The van der Waals surface area contributed by atoms with Crippen LogP contribution >= 0.6 is 15.9 Å². The summed E-state index contributed by atoms with van der Waals surface area (Å²) in [6.07, 6.45) is 5.45. The van der Waals surface area contributed by atoms with Crippen LogP contribution in [0, 0.1) is 6.92 Å². The lowest BCUT2D eigenvalue weighted by molar-refractivity contribution is 0.909. The molecular formula is C15H14BrN3. The van der Waals surface area contributed by atoms with Gasteiger partial charge in [-0.2, -0.15) is 0 Å². The van der Waals surface area contributed by atoms with Gasteiger partial charge in [-0.05, 0) is 46.8 Å². The largest absolute Gasteiger partial charge is 0.345 e. The van der Waals surface area contributed by atoms with E-state index in [0.29, 0.717) is 0 Å². The van der Waals surface area contributed by atoms with Gasteiger partial charge in [0.15, 0.2) is 0 Å².